The highest BCUT2D eigenvalue weighted by molar-refractivity contribution is 5.71. The van der Waals surface area contributed by atoms with Crippen LogP contribution in [0.1, 0.15) is 11.1 Å². The maximum absolute atomic E-state index is 12.8. The zero-order valence-corrected chi connectivity index (χ0v) is 14.8. The molecule has 0 aliphatic carbocycles. The van der Waals surface area contributed by atoms with Gasteiger partial charge in [0.15, 0.2) is 0 Å². The number of carbonyl (C=O) groups is 1. The molecule has 0 unspecified atom stereocenters. The van der Waals surface area contributed by atoms with E-state index in [-0.39, 0.29) is 28.3 Å². The van der Waals surface area contributed by atoms with Crippen LogP contribution >= 0.6 is 0 Å². The number of rotatable bonds is 3. The zero-order valence-electron chi connectivity index (χ0n) is 14.8. The summed E-state index contributed by atoms with van der Waals surface area (Å²) >= 11 is 0. The van der Waals surface area contributed by atoms with Gasteiger partial charge in [0.2, 0.25) is 0 Å². The highest BCUT2D eigenvalue weighted by Crippen LogP contribution is 2.34. The van der Waals surface area contributed by atoms with Gasteiger partial charge in [-0.15, -0.1) is 0 Å². The molecule has 0 saturated carbocycles. The molecular weight excluding hydrogens is 416 g/mol. The molecule has 1 N–H and O–H groups in total. The lowest BCUT2D eigenvalue weighted by Crippen LogP contribution is -2.05. The van der Waals surface area contributed by atoms with Crippen LogP contribution in [0.4, 0.5) is 31.1 Å². The molecule has 30 heavy (non-hydrogen) atoms. The van der Waals surface area contributed by atoms with E-state index in [0.717, 1.165) is 48.5 Å². The molecule has 0 saturated heterocycles. The van der Waals surface area contributed by atoms with E-state index in [2.05, 4.69) is 9.72 Å². The number of nitrogens with zero attached hydrogens (tertiary/aromatic N) is 1. The molecule has 3 aromatic rings. The molecule has 1 heterocycles. The fourth-order valence-electron chi connectivity index (χ4n) is 2.62. The van der Waals surface area contributed by atoms with E-state index >= 15 is 0 Å². The van der Waals surface area contributed by atoms with E-state index in [0.29, 0.717) is 0 Å². The van der Waals surface area contributed by atoms with Crippen molar-refractivity contribution < 1.29 is 41.0 Å². The minimum atomic E-state index is -4.54. The Kier molecular flexibility index (Phi) is 5.43. The summed E-state index contributed by atoms with van der Waals surface area (Å²) in [4.78, 5) is 15.1. The number of halogens is 6. The van der Waals surface area contributed by atoms with Crippen LogP contribution in [0.15, 0.2) is 60.7 Å². The largest absolute Gasteiger partial charge is 0.511 e. The van der Waals surface area contributed by atoms with Crippen LogP contribution in [0.5, 0.6) is 5.75 Å². The first-order valence-corrected chi connectivity index (χ1v) is 8.21. The van der Waals surface area contributed by atoms with E-state index < -0.39 is 29.6 Å². The second kappa shape index (κ2) is 7.69. The summed E-state index contributed by atoms with van der Waals surface area (Å²) in [6.07, 6.45) is -10.7. The molecule has 0 bridgehead atoms. The molecule has 0 aliphatic rings. The molecule has 0 aliphatic heterocycles. The van der Waals surface area contributed by atoms with Crippen molar-refractivity contribution in [3.05, 3.63) is 71.8 Å². The van der Waals surface area contributed by atoms with E-state index in [1.54, 1.807) is 0 Å². The van der Waals surface area contributed by atoms with Crippen molar-refractivity contribution in [1.29, 1.82) is 0 Å². The van der Waals surface area contributed by atoms with Crippen LogP contribution in [-0.2, 0) is 12.4 Å². The first-order chi connectivity index (χ1) is 13.9. The third-order valence-electron chi connectivity index (χ3n) is 4.02. The lowest BCUT2D eigenvalue weighted by molar-refractivity contribution is -0.138. The number of aromatic nitrogens is 1. The van der Waals surface area contributed by atoms with Crippen LogP contribution in [-0.4, -0.2) is 16.2 Å². The number of carboxylic acid groups (broad SMARTS) is 1. The van der Waals surface area contributed by atoms with Gasteiger partial charge in [0.25, 0.3) is 0 Å². The predicted octanol–water partition coefficient (Wildman–Crippen LogP) is 6.51. The molecular formula is C20H11F6NO3. The maximum atomic E-state index is 12.8. The van der Waals surface area contributed by atoms with Crippen molar-refractivity contribution in [2.75, 3.05) is 0 Å². The fraction of sp³-hybridized carbons (Fsp3) is 0.100. The lowest BCUT2D eigenvalue weighted by atomic mass is 10.0. The standard InChI is InChI=1S/C20H11F6NO3/c21-19(22,23)13-5-1-11(2-6-13)16-9-15(30-18(28)29)10-17(27-16)12-3-7-14(8-4-12)20(24,25)26/h1-10H,(H,28,29). The van der Waals surface area contributed by atoms with Gasteiger partial charge in [-0.3, -0.25) is 0 Å². The molecule has 0 fully saturated rings. The van der Waals surface area contributed by atoms with Crippen molar-refractivity contribution >= 4 is 6.16 Å². The highest BCUT2D eigenvalue weighted by atomic mass is 19.4. The summed E-state index contributed by atoms with van der Waals surface area (Å²) < 4.78 is 81.1. The van der Waals surface area contributed by atoms with E-state index in [1.165, 1.54) is 12.1 Å². The van der Waals surface area contributed by atoms with Crippen molar-refractivity contribution in [2.45, 2.75) is 12.4 Å². The molecule has 2 aromatic carbocycles. The summed E-state index contributed by atoms with van der Waals surface area (Å²) in [6, 6.07) is 10.3. The molecule has 0 atom stereocenters. The van der Waals surface area contributed by atoms with E-state index in [4.69, 9.17) is 5.11 Å². The van der Waals surface area contributed by atoms with Crippen LogP contribution in [0.3, 0.4) is 0 Å². The minimum absolute atomic E-state index is 0.0809. The van der Waals surface area contributed by atoms with Crippen molar-refractivity contribution in [3.63, 3.8) is 0 Å². The average Bonchev–Trinajstić information content (AvgIpc) is 2.66. The topological polar surface area (TPSA) is 59.4 Å². The number of benzene rings is 2. The van der Waals surface area contributed by atoms with Gasteiger partial charge in [0.1, 0.15) is 5.75 Å². The van der Waals surface area contributed by atoms with Crippen molar-refractivity contribution in [3.8, 4) is 28.3 Å². The Labute approximate surface area is 165 Å². The molecule has 1 aromatic heterocycles. The van der Waals surface area contributed by atoms with Crippen molar-refractivity contribution in [1.82, 2.24) is 4.98 Å². The molecule has 3 rings (SSSR count). The van der Waals surface area contributed by atoms with Gasteiger partial charge in [-0.2, -0.15) is 26.3 Å². The highest BCUT2D eigenvalue weighted by Gasteiger charge is 2.31. The Morgan fingerprint density at radius 2 is 1.10 bits per heavy atom. The summed E-state index contributed by atoms with van der Waals surface area (Å²) in [5, 5.41) is 8.85. The smallest absolute Gasteiger partial charge is 0.449 e. The van der Waals surface area contributed by atoms with Crippen LogP contribution < -0.4 is 4.74 Å². The first kappa shape index (κ1) is 21.2. The number of hydrogen-bond donors (Lipinski definition) is 1. The summed E-state index contributed by atoms with van der Waals surface area (Å²) in [5.41, 5.74) is -1.15. The minimum Gasteiger partial charge on any atom is -0.449 e. The van der Waals surface area contributed by atoms with E-state index in [9.17, 15) is 31.1 Å². The normalized spacial score (nSPS) is 11.9. The first-order valence-electron chi connectivity index (χ1n) is 8.21. The second-order valence-electron chi connectivity index (χ2n) is 6.09. The van der Waals surface area contributed by atoms with Crippen LogP contribution in [0.2, 0.25) is 0 Å². The Morgan fingerprint density at radius 1 is 0.733 bits per heavy atom. The third kappa shape index (κ3) is 4.88. The van der Waals surface area contributed by atoms with Crippen LogP contribution in [0.25, 0.3) is 22.5 Å². The van der Waals surface area contributed by atoms with Gasteiger partial charge in [-0.05, 0) is 24.3 Å². The van der Waals surface area contributed by atoms with E-state index in [1.807, 2.05) is 0 Å². The fourth-order valence-corrected chi connectivity index (χ4v) is 2.62. The van der Waals surface area contributed by atoms with Crippen LogP contribution in [0, 0.1) is 0 Å². The second-order valence-corrected chi connectivity index (χ2v) is 6.09. The predicted molar refractivity (Wildman–Crippen MR) is 93.8 cm³/mol. The molecule has 10 heteroatoms. The summed E-state index contributed by atoms with van der Waals surface area (Å²) in [7, 11) is 0. The number of ether oxygens (including phenoxy) is 1. The van der Waals surface area contributed by atoms with Gasteiger partial charge in [0, 0.05) is 23.3 Å². The number of hydrogen-bond acceptors (Lipinski definition) is 3. The molecule has 4 nitrogen and oxygen atoms in total. The third-order valence-corrected chi connectivity index (χ3v) is 4.02. The Bertz CT molecular complexity index is 982. The summed E-state index contributed by atoms with van der Waals surface area (Å²) in [6.45, 7) is 0. The zero-order chi connectivity index (χ0) is 22.1. The Morgan fingerprint density at radius 3 is 1.40 bits per heavy atom. The quantitative estimate of drug-likeness (QED) is 0.382. The molecule has 156 valence electrons. The Hall–Kier alpha value is -3.56. The summed E-state index contributed by atoms with van der Waals surface area (Å²) in [5.74, 6) is -0.192. The number of pyridine rings is 1. The molecule has 0 spiro atoms. The van der Waals surface area contributed by atoms with Gasteiger partial charge in [0.05, 0.1) is 22.5 Å². The average molecular weight is 427 g/mol. The SMILES string of the molecule is O=C(O)Oc1cc(-c2ccc(C(F)(F)F)cc2)nc(-c2ccc(C(F)(F)F)cc2)c1. The molecule has 0 radical (unpaired) electrons. The Balaban J connectivity index is 2.05. The number of alkyl halides is 6. The van der Waals surface area contributed by atoms with Crippen molar-refractivity contribution in [2.24, 2.45) is 0 Å². The molecule has 0 amide bonds. The van der Waals surface area contributed by atoms with Gasteiger partial charge >= 0.3 is 18.5 Å². The monoisotopic (exact) mass is 427 g/mol. The van der Waals surface area contributed by atoms with Gasteiger partial charge in [-0.25, -0.2) is 9.78 Å². The van der Waals surface area contributed by atoms with Gasteiger partial charge in [-0.1, -0.05) is 24.3 Å². The lowest BCUT2D eigenvalue weighted by Gasteiger charge is -2.11. The maximum Gasteiger partial charge on any atom is 0.511 e. The van der Waals surface area contributed by atoms with Gasteiger partial charge < -0.3 is 9.84 Å².